The van der Waals surface area contributed by atoms with Crippen molar-refractivity contribution in [2.45, 2.75) is 38.4 Å². The fraction of sp³-hybridized carbons (Fsp3) is 0.409. The van der Waals surface area contributed by atoms with E-state index in [0.717, 1.165) is 23.3 Å². The summed E-state index contributed by atoms with van der Waals surface area (Å²) >= 11 is 0. The van der Waals surface area contributed by atoms with E-state index in [9.17, 15) is 13.2 Å². The molecule has 152 valence electrons. The summed E-state index contributed by atoms with van der Waals surface area (Å²) in [7, 11) is -3.19. The lowest BCUT2D eigenvalue weighted by Gasteiger charge is -2.15. The Morgan fingerprint density at radius 3 is 2.46 bits per heavy atom. The molecule has 2 rings (SSSR count). The summed E-state index contributed by atoms with van der Waals surface area (Å²) in [5.74, 6) is 0.892. The van der Waals surface area contributed by atoms with Crippen LogP contribution in [0.5, 0.6) is 5.75 Å². The van der Waals surface area contributed by atoms with E-state index in [-0.39, 0.29) is 24.0 Å². The fourth-order valence-corrected chi connectivity index (χ4v) is 4.28. The van der Waals surface area contributed by atoms with Crippen molar-refractivity contribution in [1.82, 2.24) is 5.32 Å². The van der Waals surface area contributed by atoms with E-state index in [1.807, 2.05) is 42.5 Å². The number of ether oxygens (including phenoxy) is 1. The van der Waals surface area contributed by atoms with Gasteiger partial charge in [0.15, 0.2) is 16.4 Å². The number of amides is 1. The molecule has 2 aromatic carbocycles. The summed E-state index contributed by atoms with van der Waals surface area (Å²) in [4.78, 5) is 12.0. The molecular formula is C22H29NO4S. The highest BCUT2D eigenvalue weighted by Crippen LogP contribution is 2.28. The standard InChI is InChI=1S/C22H29NO4S/c1-3-18(2)20-12-7-8-13-21(20)27-16-22(24)23-14-9-15-28(25,26)17-19-10-5-4-6-11-19/h4-8,10-13,18H,3,9,14-17H2,1-2H3,(H,23,24). The van der Waals surface area contributed by atoms with Crippen molar-refractivity contribution in [2.24, 2.45) is 0 Å². The van der Waals surface area contributed by atoms with Gasteiger partial charge in [-0.05, 0) is 36.0 Å². The first-order valence-corrected chi connectivity index (χ1v) is 11.5. The molecule has 0 aromatic heterocycles. The maximum atomic E-state index is 12.1. The highest BCUT2D eigenvalue weighted by Gasteiger charge is 2.13. The minimum Gasteiger partial charge on any atom is -0.483 e. The summed E-state index contributed by atoms with van der Waals surface area (Å²) in [6.45, 7) is 4.46. The van der Waals surface area contributed by atoms with Crippen molar-refractivity contribution in [3.05, 3.63) is 65.7 Å². The van der Waals surface area contributed by atoms with Crippen molar-refractivity contribution in [3.63, 3.8) is 0 Å². The molecule has 1 atom stereocenters. The molecule has 0 aliphatic rings. The number of hydrogen-bond acceptors (Lipinski definition) is 4. The van der Waals surface area contributed by atoms with Crippen LogP contribution in [0.3, 0.4) is 0 Å². The van der Waals surface area contributed by atoms with E-state index in [1.54, 1.807) is 12.1 Å². The molecule has 0 heterocycles. The summed E-state index contributed by atoms with van der Waals surface area (Å²) in [5.41, 5.74) is 1.87. The second-order valence-corrected chi connectivity index (χ2v) is 9.10. The van der Waals surface area contributed by atoms with Crippen LogP contribution < -0.4 is 10.1 Å². The van der Waals surface area contributed by atoms with Crippen molar-refractivity contribution in [1.29, 1.82) is 0 Å². The van der Waals surface area contributed by atoms with Crippen LogP contribution in [-0.4, -0.2) is 33.2 Å². The Labute approximate surface area is 168 Å². The number of hydrogen-bond donors (Lipinski definition) is 1. The molecule has 0 aliphatic heterocycles. The Balaban J connectivity index is 1.72. The van der Waals surface area contributed by atoms with Crippen LogP contribution in [0.4, 0.5) is 0 Å². The normalized spacial score (nSPS) is 12.4. The van der Waals surface area contributed by atoms with Crippen molar-refractivity contribution < 1.29 is 17.9 Å². The topological polar surface area (TPSA) is 72.5 Å². The third kappa shape index (κ3) is 7.35. The molecule has 0 saturated heterocycles. The first-order chi connectivity index (χ1) is 13.4. The highest BCUT2D eigenvalue weighted by molar-refractivity contribution is 7.90. The van der Waals surface area contributed by atoms with Crippen LogP contribution >= 0.6 is 0 Å². The quantitative estimate of drug-likeness (QED) is 0.581. The second-order valence-electron chi connectivity index (χ2n) is 6.92. The van der Waals surface area contributed by atoms with E-state index in [2.05, 4.69) is 19.2 Å². The van der Waals surface area contributed by atoms with Crippen molar-refractivity contribution in [2.75, 3.05) is 18.9 Å². The third-order valence-electron chi connectivity index (χ3n) is 4.60. The number of carbonyl (C=O) groups is 1. The van der Waals surface area contributed by atoms with Crippen molar-refractivity contribution in [3.8, 4) is 5.75 Å². The van der Waals surface area contributed by atoms with Gasteiger partial charge >= 0.3 is 0 Å². The second kappa shape index (κ2) is 10.9. The summed E-state index contributed by atoms with van der Waals surface area (Å²) in [5, 5.41) is 2.72. The Kier molecular flexibility index (Phi) is 8.51. The molecule has 1 N–H and O–H groups in total. The average Bonchev–Trinajstić information content (AvgIpc) is 2.69. The zero-order valence-corrected chi connectivity index (χ0v) is 17.4. The number of sulfone groups is 1. The molecule has 6 heteroatoms. The predicted octanol–water partition coefficient (Wildman–Crippen LogP) is 3.70. The minimum absolute atomic E-state index is 0.0251. The van der Waals surface area contributed by atoms with E-state index >= 15 is 0 Å². The van der Waals surface area contributed by atoms with Gasteiger partial charge in [-0.3, -0.25) is 4.79 Å². The van der Waals surface area contributed by atoms with Crippen molar-refractivity contribution >= 4 is 15.7 Å². The number of para-hydroxylation sites is 1. The van der Waals surface area contributed by atoms with E-state index < -0.39 is 9.84 Å². The van der Waals surface area contributed by atoms with Gasteiger partial charge in [0.2, 0.25) is 0 Å². The molecule has 1 unspecified atom stereocenters. The van der Waals surface area contributed by atoms with Crippen LogP contribution in [0.2, 0.25) is 0 Å². The number of carbonyl (C=O) groups excluding carboxylic acids is 1. The van der Waals surface area contributed by atoms with Crippen LogP contribution in [0, 0.1) is 0 Å². The Morgan fingerprint density at radius 2 is 1.75 bits per heavy atom. The van der Waals surface area contributed by atoms with Crippen LogP contribution in [0.1, 0.15) is 43.7 Å². The molecule has 0 radical (unpaired) electrons. The maximum Gasteiger partial charge on any atom is 0.257 e. The lowest BCUT2D eigenvalue weighted by Crippen LogP contribution is -2.30. The van der Waals surface area contributed by atoms with Gasteiger partial charge in [0.25, 0.3) is 5.91 Å². The lowest BCUT2D eigenvalue weighted by molar-refractivity contribution is -0.123. The van der Waals surface area contributed by atoms with Crippen LogP contribution in [-0.2, 0) is 20.4 Å². The van der Waals surface area contributed by atoms with Gasteiger partial charge in [0.1, 0.15) is 5.75 Å². The predicted molar refractivity (Wildman–Crippen MR) is 112 cm³/mol. The smallest absolute Gasteiger partial charge is 0.257 e. The van der Waals surface area contributed by atoms with Gasteiger partial charge in [-0.2, -0.15) is 0 Å². The van der Waals surface area contributed by atoms with Gasteiger partial charge in [-0.1, -0.05) is 62.4 Å². The first-order valence-electron chi connectivity index (χ1n) is 9.64. The summed E-state index contributed by atoms with van der Waals surface area (Å²) in [6.07, 6.45) is 1.37. The van der Waals surface area contributed by atoms with E-state index in [4.69, 9.17) is 4.74 Å². The van der Waals surface area contributed by atoms with Gasteiger partial charge in [-0.25, -0.2) is 8.42 Å². The zero-order chi connectivity index (χ0) is 20.4. The molecule has 2 aromatic rings. The molecule has 1 amide bonds. The third-order valence-corrected chi connectivity index (χ3v) is 6.29. The number of benzene rings is 2. The number of rotatable bonds is 11. The summed E-state index contributed by atoms with van der Waals surface area (Å²) in [6, 6.07) is 16.8. The molecule has 0 fully saturated rings. The average molecular weight is 404 g/mol. The van der Waals surface area contributed by atoms with E-state index in [1.165, 1.54) is 0 Å². The first kappa shape index (κ1) is 22.0. The fourth-order valence-electron chi connectivity index (χ4n) is 2.85. The molecule has 28 heavy (non-hydrogen) atoms. The van der Waals surface area contributed by atoms with Crippen LogP contribution in [0.25, 0.3) is 0 Å². The van der Waals surface area contributed by atoms with E-state index in [0.29, 0.717) is 18.9 Å². The molecule has 0 bridgehead atoms. The SMILES string of the molecule is CCC(C)c1ccccc1OCC(=O)NCCCS(=O)(=O)Cc1ccccc1. The van der Waals surface area contributed by atoms with Gasteiger partial charge in [0.05, 0.1) is 11.5 Å². The molecule has 5 nitrogen and oxygen atoms in total. The number of nitrogens with one attached hydrogen (secondary N) is 1. The Morgan fingerprint density at radius 1 is 1.07 bits per heavy atom. The van der Waals surface area contributed by atoms with Gasteiger partial charge in [0, 0.05) is 6.54 Å². The summed E-state index contributed by atoms with van der Waals surface area (Å²) < 4.78 is 30.0. The Hall–Kier alpha value is -2.34. The monoisotopic (exact) mass is 403 g/mol. The zero-order valence-electron chi connectivity index (χ0n) is 16.6. The maximum absolute atomic E-state index is 12.1. The Bertz CT molecular complexity index is 850. The van der Waals surface area contributed by atoms with Gasteiger partial charge < -0.3 is 10.1 Å². The molecule has 0 aliphatic carbocycles. The minimum atomic E-state index is -3.19. The highest BCUT2D eigenvalue weighted by atomic mass is 32.2. The lowest BCUT2D eigenvalue weighted by atomic mass is 9.98. The van der Waals surface area contributed by atoms with Crippen LogP contribution in [0.15, 0.2) is 54.6 Å². The molecule has 0 saturated carbocycles. The largest absolute Gasteiger partial charge is 0.483 e. The van der Waals surface area contributed by atoms with Gasteiger partial charge in [-0.15, -0.1) is 0 Å². The molecular weight excluding hydrogens is 374 g/mol. The molecule has 0 spiro atoms.